The molecule has 0 atom stereocenters. The van der Waals surface area contributed by atoms with Gasteiger partial charge in [-0.15, -0.1) is 18.3 Å². The van der Waals surface area contributed by atoms with Crippen molar-refractivity contribution in [3.8, 4) is 28.6 Å². The van der Waals surface area contributed by atoms with Crippen molar-refractivity contribution in [1.82, 2.24) is 20.1 Å². The summed E-state index contributed by atoms with van der Waals surface area (Å²) in [5, 5.41) is 7.56. The average molecular weight is 625 g/mol. The number of urea groups is 1. The Bertz CT molecular complexity index is 1690. The number of nitrogens with one attached hydrogen (secondary N) is 1. The van der Waals surface area contributed by atoms with E-state index >= 15 is 0 Å². The fraction of sp³-hybridized carbons (Fsp3) is 0.233. The number of alkyl halides is 3. The molecule has 228 valence electrons. The van der Waals surface area contributed by atoms with Crippen LogP contribution in [-0.2, 0) is 11.2 Å². The van der Waals surface area contributed by atoms with Crippen LogP contribution in [0.4, 0.5) is 23.7 Å². The molecular formula is C30H27F3N6O4S. The Labute approximate surface area is 254 Å². The Morgan fingerprint density at radius 2 is 1.86 bits per heavy atom. The molecule has 1 aliphatic rings. The first kappa shape index (κ1) is 30.6. The number of rotatable bonds is 9. The Hall–Kier alpha value is -4.85. The molecule has 2 heterocycles. The maximum Gasteiger partial charge on any atom is 0.573 e. The molecule has 44 heavy (non-hydrogen) atoms. The van der Waals surface area contributed by atoms with Gasteiger partial charge in [-0.05, 0) is 79.4 Å². The van der Waals surface area contributed by atoms with Crippen LogP contribution >= 0.6 is 11.8 Å². The number of benzene rings is 3. The Kier molecular flexibility index (Phi) is 9.18. The van der Waals surface area contributed by atoms with Gasteiger partial charge in [-0.25, -0.2) is 14.5 Å². The van der Waals surface area contributed by atoms with Gasteiger partial charge in [-0.3, -0.25) is 9.69 Å². The van der Waals surface area contributed by atoms with Crippen LogP contribution in [0.5, 0.6) is 11.5 Å². The summed E-state index contributed by atoms with van der Waals surface area (Å²) in [6.45, 7) is 2.24. The summed E-state index contributed by atoms with van der Waals surface area (Å²) in [5.41, 5.74) is 3.78. The number of carbonyl (C=O) groups is 2. The van der Waals surface area contributed by atoms with Crippen LogP contribution in [0.1, 0.15) is 17.5 Å². The largest absolute Gasteiger partial charge is 0.573 e. The van der Waals surface area contributed by atoms with Gasteiger partial charge in [-0.1, -0.05) is 30.0 Å². The molecule has 0 spiro atoms. The minimum Gasteiger partial charge on any atom is -0.497 e. The lowest BCUT2D eigenvalue weighted by Gasteiger charge is -2.18. The number of methoxy groups -OCH3 is 1. The summed E-state index contributed by atoms with van der Waals surface area (Å²) in [6, 6.07) is 17.8. The van der Waals surface area contributed by atoms with E-state index in [9.17, 15) is 22.8 Å². The molecular weight excluding hydrogens is 597 g/mol. The second-order valence-corrected chi connectivity index (χ2v) is 10.6. The summed E-state index contributed by atoms with van der Waals surface area (Å²) >= 11 is 1.21. The Morgan fingerprint density at radius 1 is 1.09 bits per heavy atom. The maximum atomic E-state index is 12.6. The smallest absolute Gasteiger partial charge is 0.497 e. The molecule has 1 aromatic heterocycles. The van der Waals surface area contributed by atoms with Gasteiger partial charge in [0.1, 0.15) is 17.8 Å². The molecule has 1 saturated heterocycles. The van der Waals surface area contributed by atoms with Crippen molar-refractivity contribution in [2.24, 2.45) is 4.99 Å². The standard InChI is InChI=1S/C30H27F3N6O4S/c1-19-15-24(42-2)12-13-25(19)39-26(40)17-44-29(39)36-28(41)34-14-4-6-20-5-3-7-21(16-20)27-35-18-38(37-27)22-8-10-23(11-9-22)43-30(31,32)33/h3,5,7-13,15-16,18H,4,6,14,17H2,1-2H3,(H,34,41). The molecule has 0 saturated carbocycles. The van der Waals surface area contributed by atoms with Crippen molar-refractivity contribution >= 4 is 34.6 Å². The molecule has 1 N–H and O–H groups in total. The SMILES string of the molecule is COc1ccc(N2C(=O)CSC2=NC(=O)NCCCc2cccc(-c3ncn(-c4ccc(OC(F)(F)F)cc4)n3)c2)c(C)c1. The van der Waals surface area contributed by atoms with Crippen LogP contribution in [0.25, 0.3) is 17.1 Å². The van der Waals surface area contributed by atoms with Gasteiger partial charge in [-0.2, -0.15) is 4.99 Å². The third kappa shape index (κ3) is 7.56. The number of aromatic nitrogens is 3. The minimum atomic E-state index is -4.76. The number of halogens is 3. The zero-order valence-corrected chi connectivity index (χ0v) is 24.5. The van der Waals surface area contributed by atoms with Crippen LogP contribution < -0.4 is 19.7 Å². The second-order valence-electron chi connectivity index (χ2n) is 9.65. The minimum absolute atomic E-state index is 0.150. The highest BCUT2D eigenvalue weighted by atomic mass is 32.2. The number of carbonyl (C=O) groups excluding carboxylic acids is 2. The van der Waals surface area contributed by atoms with E-state index in [1.165, 1.54) is 51.9 Å². The molecule has 10 nitrogen and oxygen atoms in total. The van der Waals surface area contributed by atoms with Gasteiger partial charge < -0.3 is 14.8 Å². The Balaban J connectivity index is 1.15. The topological polar surface area (TPSA) is 111 Å². The fourth-order valence-electron chi connectivity index (χ4n) is 4.49. The van der Waals surface area contributed by atoms with E-state index in [4.69, 9.17) is 4.74 Å². The number of ether oxygens (including phenoxy) is 2. The average Bonchev–Trinajstić information content (AvgIpc) is 3.62. The number of hydrogen-bond donors (Lipinski definition) is 1. The third-order valence-corrected chi connectivity index (χ3v) is 7.46. The summed E-state index contributed by atoms with van der Waals surface area (Å²) in [6.07, 6.45) is -1.98. The van der Waals surface area contributed by atoms with Crippen molar-refractivity contribution in [3.63, 3.8) is 0 Å². The molecule has 3 amide bonds. The number of aliphatic imine (C=N–C) groups is 1. The number of amidine groups is 1. The lowest BCUT2D eigenvalue weighted by Crippen LogP contribution is -2.32. The second kappa shape index (κ2) is 13.2. The van der Waals surface area contributed by atoms with Gasteiger partial charge in [0.2, 0.25) is 5.91 Å². The lowest BCUT2D eigenvalue weighted by molar-refractivity contribution is -0.274. The number of anilines is 1. The highest BCUT2D eigenvalue weighted by molar-refractivity contribution is 8.15. The van der Waals surface area contributed by atoms with Crippen LogP contribution in [0.3, 0.4) is 0 Å². The molecule has 1 aliphatic heterocycles. The van der Waals surface area contributed by atoms with E-state index in [1.807, 2.05) is 37.3 Å². The number of hydrogen-bond acceptors (Lipinski definition) is 7. The molecule has 0 bridgehead atoms. The number of thioether (sulfide) groups is 1. The number of aryl methyl sites for hydroxylation is 2. The summed E-state index contributed by atoms with van der Waals surface area (Å²) in [5.74, 6) is 0.847. The lowest BCUT2D eigenvalue weighted by atomic mass is 10.1. The highest BCUT2D eigenvalue weighted by Crippen LogP contribution is 2.31. The quantitative estimate of drug-likeness (QED) is 0.230. The summed E-state index contributed by atoms with van der Waals surface area (Å²) in [7, 11) is 1.57. The van der Waals surface area contributed by atoms with Crippen LogP contribution in [0.15, 0.2) is 78.0 Å². The van der Waals surface area contributed by atoms with Crippen LogP contribution in [-0.4, -0.2) is 57.6 Å². The molecule has 0 radical (unpaired) electrons. The monoisotopic (exact) mass is 624 g/mol. The summed E-state index contributed by atoms with van der Waals surface area (Å²) in [4.78, 5) is 35.1. The fourth-order valence-corrected chi connectivity index (χ4v) is 5.35. The van der Waals surface area contributed by atoms with Gasteiger partial charge in [0.25, 0.3) is 0 Å². The maximum absolute atomic E-state index is 12.6. The first-order chi connectivity index (χ1) is 21.1. The first-order valence-electron chi connectivity index (χ1n) is 13.4. The number of nitrogens with zero attached hydrogens (tertiary/aromatic N) is 5. The van der Waals surface area contributed by atoms with Crippen molar-refractivity contribution in [2.75, 3.05) is 24.3 Å². The van der Waals surface area contributed by atoms with Gasteiger partial charge in [0, 0.05) is 12.1 Å². The molecule has 5 rings (SSSR count). The van der Waals surface area contributed by atoms with E-state index in [2.05, 4.69) is 25.1 Å². The van der Waals surface area contributed by atoms with E-state index < -0.39 is 12.4 Å². The van der Waals surface area contributed by atoms with Crippen molar-refractivity contribution in [3.05, 3.63) is 84.2 Å². The van der Waals surface area contributed by atoms with E-state index in [0.717, 1.165) is 16.7 Å². The molecule has 14 heteroatoms. The molecule has 1 fully saturated rings. The van der Waals surface area contributed by atoms with Crippen molar-refractivity contribution < 1.29 is 32.2 Å². The molecule has 0 unspecified atom stereocenters. The highest BCUT2D eigenvalue weighted by Gasteiger charge is 2.32. The molecule has 4 aromatic rings. The van der Waals surface area contributed by atoms with Gasteiger partial charge in [0.05, 0.1) is 24.2 Å². The van der Waals surface area contributed by atoms with Crippen molar-refractivity contribution in [2.45, 2.75) is 26.1 Å². The van der Waals surface area contributed by atoms with Gasteiger partial charge in [0.15, 0.2) is 11.0 Å². The van der Waals surface area contributed by atoms with Gasteiger partial charge >= 0.3 is 12.4 Å². The van der Waals surface area contributed by atoms with Crippen LogP contribution in [0.2, 0.25) is 0 Å². The summed E-state index contributed by atoms with van der Waals surface area (Å²) < 4.78 is 47.9. The predicted octanol–water partition coefficient (Wildman–Crippen LogP) is 5.93. The third-order valence-electron chi connectivity index (χ3n) is 6.54. The van der Waals surface area contributed by atoms with E-state index in [-0.39, 0.29) is 17.4 Å². The molecule has 3 aromatic carbocycles. The van der Waals surface area contributed by atoms with Crippen LogP contribution in [0, 0.1) is 6.92 Å². The number of amides is 3. The predicted molar refractivity (Wildman–Crippen MR) is 160 cm³/mol. The van der Waals surface area contributed by atoms with E-state index in [0.29, 0.717) is 47.5 Å². The van der Waals surface area contributed by atoms with Crippen molar-refractivity contribution in [1.29, 1.82) is 0 Å². The molecule has 0 aliphatic carbocycles. The zero-order valence-electron chi connectivity index (χ0n) is 23.7. The zero-order chi connectivity index (χ0) is 31.3. The Morgan fingerprint density at radius 3 is 2.59 bits per heavy atom. The normalized spacial score (nSPS) is 14.2. The first-order valence-corrected chi connectivity index (χ1v) is 14.4. The van der Waals surface area contributed by atoms with E-state index in [1.54, 1.807) is 19.2 Å².